The Morgan fingerprint density at radius 3 is 2.23 bits per heavy atom. The van der Waals surface area contributed by atoms with Crippen LogP contribution in [0.15, 0.2) is 12.2 Å². The van der Waals surface area contributed by atoms with Gasteiger partial charge in [-0.25, -0.2) is 0 Å². The maximum absolute atomic E-state index is 11.0. The summed E-state index contributed by atoms with van der Waals surface area (Å²) in [5.41, 5.74) is 5.37. The van der Waals surface area contributed by atoms with Crippen LogP contribution < -0.4 is 5.73 Å². The van der Waals surface area contributed by atoms with Crippen LogP contribution in [0.3, 0.4) is 0 Å². The first kappa shape index (κ1) is 12.1. The van der Waals surface area contributed by atoms with Crippen LogP contribution in [0.25, 0.3) is 0 Å². The summed E-state index contributed by atoms with van der Waals surface area (Å²) >= 11 is 0. The van der Waals surface area contributed by atoms with E-state index in [4.69, 9.17) is 5.73 Å². The summed E-state index contributed by atoms with van der Waals surface area (Å²) in [6, 6.07) is 0. The molecule has 1 atom stereocenters. The molecule has 0 saturated heterocycles. The van der Waals surface area contributed by atoms with E-state index in [0.717, 1.165) is 0 Å². The molecule has 1 unspecified atom stereocenters. The predicted molar refractivity (Wildman–Crippen MR) is 51.3 cm³/mol. The van der Waals surface area contributed by atoms with Crippen LogP contribution >= 0.6 is 12.4 Å². The molecule has 1 aliphatic rings. The van der Waals surface area contributed by atoms with Gasteiger partial charge in [0, 0.05) is 18.7 Å². The van der Waals surface area contributed by atoms with Gasteiger partial charge in [-0.2, -0.15) is 0 Å². The molecule has 1 heterocycles. The van der Waals surface area contributed by atoms with E-state index in [1.807, 2.05) is 6.92 Å². The number of nitrogens with two attached hydrogens (primary N) is 1. The highest BCUT2D eigenvalue weighted by Gasteiger charge is 2.24. The molecule has 13 heavy (non-hydrogen) atoms. The lowest BCUT2D eigenvalue weighted by Gasteiger charge is -2.17. The number of amides is 2. The third-order valence-electron chi connectivity index (χ3n) is 1.80. The van der Waals surface area contributed by atoms with E-state index in [0.29, 0.717) is 13.1 Å². The molecule has 1 rings (SSSR count). The number of carbonyl (C=O) groups is 2. The molecule has 0 aromatic carbocycles. The minimum Gasteiger partial charge on any atom is -0.330 e. The van der Waals surface area contributed by atoms with Gasteiger partial charge in [0.05, 0.1) is 0 Å². The molecule has 2 amide bonds. The lowest BCUT2D eigenvalue weighted by molar-refractivity contribution is -0.137. The normalized spacial score (nSPS) is 17.5. The van der Waals surface area contributed by atoms with Crippen molar-refractivity contribution in [2.75, 3.05) is 13.1 Å². The van der Waals surface area contributed by atoms with Crippen molar-refractivity contribution < 1.29 is 9.59 Å². The van der Waals surface area contributed by atoms with Gasteiger partial charge >= 0.3 is 0 Å². The number of hydrogen-bond donors (Lipinski definition) is 1. The van der Waals surface area contributed by atoms with Crippen LogP contribution in [0, 0.1) is 5.92 Å². The minimum atomic E-state index is -0.236. The first-order chi connectivity index (χ1) is 5.65. The summed E-state index contributed by atoms with van der Waals surface area (Å²) in [6.07, 6.45) is 2.57. The molecule has 0 fully saturated rings. The maximum atomic E-state index is 11.0. The Morgan fingerprint density at radius 2 is 1.85 bits per heavy atom. The monoisotopic (exact) mass is 204 g/mol. The van der Waals surface area contributed by atoms with E-state index < -0.39 is 0 Å². The Balaban J connectivity index is 0.00000144. The molecule has 0 spiro atoms. The van der Waals surface area contributed by atoms with Crippen LogP contribution in [0.1, 0.15) is 6.92 Å². The third kappa shape index (κ3) is 2.82. The van der Waals surface area contributed by atoms with Crippen LogP contribution in [0.5, 0.6) is 0 Å². The van der Waals surface area contributed by atoms with E-state index in [9.17, 15) is 9.59 Å². The van der Waals surface area contributed by atoms with Gasteiger partial charge in [0.25, 0.3) is 11.8 Å². The van der Waals surface area contributed by atoms with Gasteiger partial charge in [0.15, 0.2) is 0 Å². The highest BCUT2D eigenvalue weighted by atomic mass is 35.5. The van der Waals surface area contributed by atoms with Crippen molar-refractivity contribution in [3.8, 4) is 0 Å². The number of carbonyl (C=O) groups excluding carboxylic acids is 2. The van der Waals surface area contributed by atoms with Gasteiger partial charge in [-0.1, -0.05) is 6.92 Å². The van der Waals surface area contributed by atoms with Crippen molar-refractivity contribution in [3.63, 3.8) is 0 Å². The van der Waals surface area contributed by atoms with E-state index in [2.05, 4.69) is 0 Å². The molecule has 1 aliphatic heterocycles. The Hall–Kier alpha value is -0.870. The second-order valence-corrected chi connectivity index (χ2v) is 2.96. The maximum Gasteiger partial charge on any atom is 0.253 e. The van der Waals surface area contributed by atoms with Crippen molar-refractivity contribution in [1.29, 1.82) is 0 Å². The molecule has 74 valence electrons. The van der Waals surface area contributed by atoms with Gasteiger partial charge in [0.1, 0.15) is 0 Å². The number of hydrogen-bond acceptors (Lipinski definition) is 3. The molecule has 0 aromatic rings. The standard InChI is InChI=1S/C8H12N2O2.ClH/c1-6(4-9)5-10-7(11)2-3-8(10)12;/h2-3,6H,4-5,9H2,1H3;1H. The van der Waals surface area contributed by atoms with Gasteiger partial charge in [-0.3, -0.25) is 14.5 Å². The van der Waals surface area contributed by atoms with Crippen LogP contribution in [-0.4, -0.2) is 29.8 Å². The van der Waals surface area contributed by atoms with Gasteiger partial charge in [-0.15, -0.1) is 12.4 Å². The molecule has 0 saturated carbocycles. The van der Waals surface area contributed by atoms with E-state index in [-0.39, 0.29) is 30.1 Å². The molecule has 0 aromatic heterocycles. The summed E-state index contributed by atoms with van der Waals surface area (Å²) in [5, 5.41) is 0. The highest BCUT2D eigenvalue weighted by Crippen LogP contribution is 2.06. The summed E-state index contributed by atoms with van der Waals surface area (Å²) in [7, 11) is 0. The molecule has 0 radical (unpaired) electrons. The Morgan fingerprint density at radius 1 is 1.38 bits per heavy atom. The SMILES string of the molecule is CC(CN)CN1C(=O)C=CC1=O.Cl. The van der Waals surface area contributed by atoms with Crippen LogP contribution in [-0.2, 0) is 9.59 Å². The highest BCUT2D eigenvalue weighted by molar-refractivity contribution is 6.12. The number of imide groups is 1. The predicted octanol–water partition coefficient (Wildman–Crippen LogP) is -0.0720. The zero-order valence-electron chi connectivity index (χ0n) is 7.40. The Labute approximate surface area is 83.2 Å². The minimum absolute atomic E-state index is 0. The van der Waals surface area contributed by atoms with Gasteiger partial charge in [-0.05, 0) is 12.5 Å². The fourth-order valence-electron chi connectivity index (χ4n) is 0.997. The Bertz CT molecular complexity index is 222. The van der Waals surface area contributed by atoms with Crippen molar-refractivity contribution in [2.45, 2.75) is 6.92 Å². The molecular weight excluding hydrogens is 192 g/mol. The largest absolute Gasteiger partial charge is 0.330 e. The molecule has 0 aliphatic carbocycles. The van der Waals surface area contributed by atoms with E-state index >= 15 is 0 Å². The molecule has 0 bridgehead atoms. The smallest absolute Gasteiger partial charge is 0.253 e. The van der Waals surface area contributed by atoms with Crippen molar-refractivity contribution in [1.82, 2.24) is 4.90 Å². The fourth-order valence-corrected chi connectivity index (χ4v) is 0.997. The zero-order valence-corrected chi connectivity index (χ0v) is 8.21. The number of nitrogens with zero attached hydrogens (tertiary/aromatic N) is 1. The second kappa shape index (κ2) is 4.99. The number of rotatable bonds is 3. The molecule has 5 heteroatoms. The third-order valence-corrected chi connectivity index (χ3v) is 1.80. The summed E-state index contributed by atoms with van der Waals surface area (Å²) in [6.45, 7) is 2.80. The second-order valence-electron chi connectivity index (χ2n) is 2.96. The molecule has 2 N–H and O–H groups in total. The molecule has 4 nitrogen and oxygen atoms in total. The fraction of sp³-hybridized carbons (Fsp3) is 0.500. The quantitative estimate of drug-likeness (QED) is 0.655. The van der Waals surface area contributed by atoms with E-state index in [1.165, 1.54) is 17.1 Å². The average molecular weight is 205 g/mol. The van der Waals surface area contributed by atoms with Gasteiger partial charge < -0.3 is 5.73 Å². The first-order valence-corrected chi connectivity index (χ1v) is 3.88. The zero-order chi connectivity index (χ0) is 9.14. The number of halogens is 1. The summed E-state index contributed by atoms with van der Waals surface area (Å²) in [4.78, 5) is 23.2. The van der Waals surface area contributed by atoms with Crippen molar-refractivity contribution in [3.05, 3.63) is 12.2 Å². The van der Waals surface area contributed by atoms with Crippen molar-refractivity contribution >= 4 is 24.2 Å². The van der Waals surface area contributed by atoms with Crippen molar-refractivity contribution in [2.24, 2.45) is 11.7 Å². The summed E-state index contributed by atoms with van der Waals surface area (Å²) < 4.78 is 0. The van der Waals surface area contributed by atoms with E-state index in [1.54, 1.807) is 0 Å². The molecular formula is C8H13ClN2O2. The van der Waals surface area contributed by atoms with Crippen LogP contribution in [0.4, 0.5) is 0 Å². The lowest BCUT2D eigenvalue weighted by Crippen LogP contribution is -2.36. The first-order valence-electron chi connectivity index (χ1n) is 3.88. The average Bonchev–Trinajstić information content (AvgIpc) is 2.35. The topological polar surface area (TPSA) is 63.4 Å². The summed E-state index contributed by atoms with van der Waals surface area (Å²) in [5.74, 6) is -0.307. The Kier molecular flexibility index (Phi) is 4.66. The lowest BCUT2D eigenvalue weighted by atomic mass is 10.2. The van der Waals surface area contributed by atoms with Crippen LogP contribution in [0.2, 0.25) is 0 Å². The van der Waals surface area contributed by atoms with Gasteiger partial charge in [0.2, 0.25) is 0 Å².